The van der Waals surface area contributed by atoms with Crippen LogP contribution in [-0.4, -0.2) is 26.4 Å². The quantitative estimate of drug-likeness (QED) is 0.458. The van der Waals surface area contributed by atoms with Crippen LogP contribution in [0.4, 0.5) is 5.69 Å². The Kier molecular flexibility index (Phi) is 5.76. The third-order valence-electron chi connectivity index (χ3n) is 4.49. The second kappa shape index (κ2) is 8.79. The number of rotatable bonds is 8. The summed E-state index contributed by atoms with van der Waals surface area (Å²) >= 11 is 6.40. The Labute approximate surface area is 173 Å². The van der Waals surface area contributed by atoms with Gasteiger partial charge in [0.1, 0.15) is 12.4 Å². The van der Waals surface area contributed by atoms with Gasteiger partial charge in [0.15, 0.2) is 0 Å². The first kappa shape index (κ1) is 19.0. The van der Waals surface area contributed by atoms with Gasteiger partial charge < -0.3 is 19.0 Å². The van der Waals surface area contributed by atoms with Crippen LogP contribution in [0.15, 0.2) is 65.9 Å². The maximum Gasteiger partial charge on any atom is 0.247 e. The average molecular weight is 410 g/mol. The maximum absolute atomic E-state index is 6.40. The highest BCUT2D eigenvalue weighted by Gasteiger charge is 2.08. The van der Waals surface area contributed by atoms with E-state index < -0.39 is 0 Å². The Balaban J connectivity index is 1.37. The summed E-state index contributed by atoms with van der Waals surface area (Å²) in [6.07, 6.45) is 6.72. The van der Waals surface area contributed by atoms with Gasteiger partial charge in [0.25, 0.3) is 0 Å². The second-order valence-corrected chi connectivity index (χ2v) is 6.95. The van der Waals surface area contributed by atoms with Crippen LogP contribution in [0.2, 0.25) is 5.02 Å². The largest absolute Gasteiger partial charge is 0.490 e. The van der Waals surface area contributed by atoms with E-state index in [0.29, 0.717) is 29.8 Å². The maximum atomic E-state index is 6.40. The van der Waals surface area contributed by atoms with Gasteiger partial charge in [0.2, 0.25) is 12.3 Å². The van der Waals surface area contributed by atoms with Gasteiger partial charge in [-0.1, -0.05) is 23.7 Å². The van der Waals surface area contributed by atoms with Crippen LogP contribution in [0, 0.1) is 6.92 Å². The molecule has 4 aromatic rings. The van der Waals surface area contributed by atoms with Crippen molar-refractivity contribution in [1.29, 1.82) is 0 Å². The number of benzene rings is 2. The summed E-state index contributed by atoms with van der Waals surface area (Å²) in [6.45, 7) is 3.91. The molecule has 0 saturated carbocycles. The Hall–Kier alpha value is -3.32. The van der Waals surface area contributed by atoms with Gasteiger partial charge in [-0.3, -0.25) is 0 Å². The molecule has 1 N–H and O–H groups in total. The topological polar surface area (TPSA) is 78.0 Å². The molecule has 2 aromatic heterocycles. The smallest absolute Gasteiger partial charge is 0.247 e. The van der Waals surface area contributed by atoms with Crippen LogP contribution < -0.4 is 10.1 Å². The van der Waals surface area contributed by atoms with E-state index in [1.54, 1.807) is 12.5 Å². The van der Waals surface area contributed by atoms with Crippen LogP contribution in [0.5, 0.6) is 5.75 Å². The molecule has 2 heterocycles. The van der Waals surface area contributed by atoms with Crippen molar-refractivity contribution >= 4 is 17.3 Å². The molecule has 0 aliphatic carbocycles. The summed E-state index contributed by atoms with van der Waals surface area (Å²) < 4.78 is 13.0. The first-order valence-corrected chi connectivity index (χ1v) is 9.55. The number of nitrogens with one attached hydrogen (secondary N) is 1. The summed E-state index contributed by atoms with van der Waals surface area (Å²) in [7, 11) is 0. The molecule has 7 nitrogen and oxygen atoms in total. The first-order chi connectivity index (χ1) is 14.2. The van der Waals surface area contributed by atoms with Gasteiger partial charge in [-0.15, -0.1) is 10.2 Å². The van der Waals surface area contributed by atoms with Crippen LogP contribution in [0.25, 0.3) is 11.5 Å². The van der Waals surface area contributed by atoms with Crippen molar-refractivity contribution in [2.45, 2.75) is 20.0 Å². The number of aryl methyl sites for hydroxylation is 1. The molecule has 29 heavy (non-hydrogen) atoms. The van der Waals surface area contributed by atoms with E-state index >= 15 is 0 Å². The van der Waals surface area contributed by atoms with Crippen molar-refractivity contribution < 1.29 is 9.15 Å². The fourth-order valence-electron chi connectivity index (χ4n) is 2.89. The second-order valence-electron chi connectivity index (χ2n) is 6.54. The summed E-state index contributed by atoms with van der Waals surface area (Å²) in [5.74, 6) is 1.17. The molecular weight excluding hydrogens is 390 g/mol. The van der Waals surface area contributed by atoms with Gasteiger partial charge >= 0.3 is 0 Å². The molecule has 0 fully saturated rings. The van der Waals surface area contributed by atoms with Crippen molar-refractivity contribution in [2.75, 3.05) is 11.9 Å². The molecule has 0 saturated heterocycles. The van der Waals surface area contributed by atoms with Crippen LogP contribution in [0.1, 0.15) is 11.1 Å². The number of hydrogen-bond acceptors (Lipinski definition) is 6. The van der Waals surface area contributed by atoms with Gasteiger partial charge in [0.05, 0.1) is 17.9 Å². The summed E-state index contributed by atoms with van der Waals surface area (Å²) in [4.78, 5) is 4.01. The SMILES string of the molecule is Cc1ccc(-c2nnco2)cc1NCc1ccc(OCCn2ccnc2)c(Cl)c1. The highest BCUT2D eigenvalue weighted by molar-refractivity contribution is 6.32. The lowest BCUT2D eigenvalue weighted by molar-refractivity contribution is 0.298. The highest BCUT2D eigenvalue weighted by Crippen LogP contribution is 2.27. The van der Waals surface area contributed by atoms with Crippen LogP contribution in [0.3, 0.4) is 0 Å². The first-order valence-electron chi connectivity index (χ1n) is 9.17. The molecule has 8 heteroatoms. The molecule has 0 atom stereocenters. The van der Waals surface area contributed by atoms with Crippen molar-refractivity contribution in [2.24, 2.45) is 0 Å². The molecule has 0 aliphatic rings. The molecule has 2 aromatic carbocycles. The Morgan fingerprint density at radius 1 is 1.21 bits per heavy atom. The lowest BCUT2D eigenvalue weighted by atomic mass is 10.1. The Morgan fingerprint density at radius 3 is 2.90 bits per heavy atom. The number of halogens is 1. The average Bonchev–Trinajstić information content (AvgIpc) is 3.43. The molecule has 4 rings (SSSR count). The fraction of sp³-hybridized carbons (Fsp3) is 0.190. The minimum atomic E-state index is 0.494. The number of nitrogens with zero attached hydrogens (tertiary/aromatic N) is 4. The minimum Gasteiger partial charge on any atom is -0.490 e. The molecule has 0 aliphatic heterocycles. The zero-order chi connectivity index (χ0) is 20.1. The number of anilines is 1. The van der Waals surface area contributed by atoms with Crippen LogP contribution >= 0.6 is 11.6 Å². The Bertz CT molecular complexity index is 1060. The van der Waals surface area contributed by atoms with Crippen molar-refractivity contribution in [3.8, 4) is 17.2 Å². The fourth-order valence-corrected chi connectivity index (χ4v) is 3.15. The lowest BCUT2D eigenvalue weighted by Gasteiger charge is -2.13. The summed E-state index contributed by atoms with van der Waals surface area (Å²) in [6, 6.07) is 11.8. The van der Waals surface area contributed by atoms with Crippen molar-refractivity contribution in [3.63, 3.8) is 0 Å². The minimum absolute atomic E-state index is 0.494. The zero-order valence-electron chi connectivity index (χ0n) is 15.9. The van der Waals surface area contributed by atoms with Gasteiger partial charge in [-0.25, -0.2) is 4.98 Å². The van der Waals surface area contributed by atoms with Crippen LogP contribution in [-0.2, 0) is 13.1 Å². The molecule has 148 valence electrons. The van der Waals surface area contributed by atoms with E-state index in [4.69, 9.17) is 20.8 Å². The monoisotopic (exact) mass is 409 g/mol. The van der Waals surface area contributed by atoms with E-state index in [2.05, 4.69) is 20.5 Å². The normalized spacial score (nSPS) is 10.8. The van der Waals surface area contributed by atoms with Gasteiger partial charge in [0, 0.05) is 30.2 Å². The molecule has 0 spiro atoms. The highest BCUT2D eigenvalue weighted by atomic mass is 35.5. The predicted molar refractivity (Wildman–Crippen MR) is 111 cm³/mol. The predicted octanol–water partition coefficient (Wildman–Crippen LogP) is 4.59. The molecule has 0 radical (unpaired) electrons. The van der Waals surface area contributed by atoms with Crippen molar-refractivity contribution in [1.82, 2.24) is 19.7 Å². The van der Waals surface area contributed by atoms with E-state index in [9.17, 15) is 0 Å². The van der Waals surface area contributed by atoms with Gasteiger partial charge in [-0.2, -0.15) is 0 Å². The van der Waals surface area contributed by atoms with E-state index in [1.165, 1.54) is 6.39 Å². The van der Waals surface area contributed by atoms with E-state index in [0.717, 1.165) is 28.9 Å². The standard InChI is InChI=1S/C21H20ClN5O2/c1-15-2-4-17(21-26-25-14-29-21)11-19(15)24-12-16-3-5-20(18(22)10-16)28-9-8-27-7-6-23-13-27/h2-7,10-11,13-14,24H,8-9,12H2,1H3. The lowest BCUT2D eigenvalue weighted by Crippen LogP contribution is -2.07. The molecule has 0 amide bonds. The zero-order valence-corrected chi connectivity index (χ0v) is 16.6. The van der Waals surface area contributed by atoms with E-state index in [-0.39, 0.29) is 0 Å². The number of imidazole rings is 1. The Morgan fingerprint density at radius 2 is 2.14 bits per heavy atom. The number of hydrogen-bond donors (Lipinski definition) is 1. The number of aromatic nitrogens is 4. The molecular formula is C21H20ClN5O2. The van der Waals surface area contributed by atoms with E-state index in [1.807, 2.05) is 54.1 Å². The molecule has 0 bridgehead atoms. The third kappa shape index (κ3) is 4.75. The van der Waals surface area contributed by atoms with Gasteiger partial charge in [-0.05, 0) is 42.3 Å². The summed E-state index contributed by atoms with van der Waals surface area (Å²) in [5.41, 5.74) is 4.05. The third-order valence-corrected chi connectivity index (χ3v) is 4.79. The number of ether oxygens (including phenoxy) is 1. The van der Waals surface area contributed by atoms with Crippen molar-refractivity contribution in [3.05, 3.63) is 77.7 Å². The summed E-state index contributed by atoms with van der Waals surface area (Å²) in [5, 5.41) is 11.7. The molecule has 0 unspecified atom stereocenters.